The molecule has 246 valence electrons. The van der Waals surface area contributed by atoms with E-state index < -0.39 is 77.5 Å². The van der Waals surface area contributed by atoms with Crippen molar-refractivity contribution in [1.82, 2.24) is 4.90 Å². The first kappa shape index (κ1) is 33.6. The van der Waals surface area contributed by atoms with Gasteiger partial charge in [0.15, 0.2) is 9.84 Å². The van der Waals surface area contributed by atoms with Gasteiger partial charge >= 0.3 is 18.0 Å². The van der Waals surface area contributed by atoms with Gasteiger partial charge in [0, 0.05) is 45.9 Å². The smallest absolute Gasteiger partial charge is 0.337 e. The SMILES string of the molecule is C=C(C)c1ccc(S(=O)(=O)C23CCN(C(=O)C4CCS(=O)CC4)C2CCc2cc(C(F)(C(F)(F)F)C(F)(F)F)ccc23)cc1F. The second-order valence-corrected chi connectivity index (χ2v) is 15.7. The molecule has 2 aromatic rings. The molecule has 5 rings (SSSR count). The number of likely N-dealkylation sites (tertiary alicyclic amines) is 1. The van der Waals surface area contributed by atoms with Gasteiger partial charge in [0.05, 0.1) is 10.9 Å². The molecule has 2 aromatic carbocycles. The number of rotatable bonds is 5. The minimum atomic E-state index is -6.37. The van der Waals surface area contributed by atoms with Gasteiger partial charge in [-0.3, -0.25) is 9.00 Å². The molecule has 5 nitrogen and oxygen atoms in total. The molecule has 2 fully saturated rings. The lowest BCUT2D eigenvalue weighted by Crippen LogP contribution is -2.54. The van der Waals surface area contributed by atoms with Crippen LogP contribution in [0.25, 0.3) is 5.57 Å². The Hall–Kier alpha value is -2.81. The van der Waals surface area contributed by atoms with E-state index in [1.165, 1.54) is 17.9 Å². The fraction of sp³-hybridized carbons (Fsp3) is 0.500. The number of carbonyl (C=O) groups is 1. The lowest BCUT2D eigenvalue weighted by molar-refractivity contribution is -0.348. The van der Waals surface area contributed by atoms with Crippen molar-refractivity contribution in [3.63, 3.8) is 0 Å². The lowest BCUT2D eigenvalue weighted by Gasteiger charge is -2.43. The summed E-state index contributed by atoms with van der Waals surface area (Å²) in [6.45, 7) is 5.03. The Morgan fingerprint density at radius 3 is 2.16 bits per heavy atom. The highest BCUT2D eigenvalue weighted by atomic mass is 32.2. The maximum Gasteiger partial charge on any atom is 0.435 e. The number of fused-ring (bicyclic) bond motifs is 3. The second-order valence-electron chi connectivity index (χ2n) is 11.8. The van der Waals surface area contributed by atoms with Crippen LogP contribution in [0.3, 0.4) is 0 Å². The molecular weight excluding hydrogens is 654 g/mol. The molecule has 1 amide bonds. The first-order valence-electron chi connectivity index (χ1n) is 14.1. The number of amides is 1. The number of benzene rings is 2. The van der Waals surface area contributed by atoms with E-state index in [0.29, 0.717) is 24.5 Å². The molecular formula is C30H29F8NO4S2. The van der Waals surface area contributed by atoms with Crippen LogP contribution in [-0.4, -0.2) is 59.9 Å². The Morgan fingerprint density at radius 1 is 0.978 bits per heavy atom. The molecule has 0 spiro atoms. The minimum Gasteiger partial charge on any atom is -0.337 e. The molecule has 2 heterocycles. The lowest BCUT2D eigenvalue weighted by atomic mass is 9.76. The van der Waals surface area contributed by atoms with Gasteiger partial charge in [-0.25, -0.2) is 17.2 Å². The highest BCUT2D eigenvalue weighted by Crippen LogP contribution is 2.57. The molecule has 0 saturated carbocycles. The number of hydrogen-bond acceptors (Lipinski definition) is 4. The third-order valence-electron chi connectivity index (χ3n) is 9.28. The van der Waals surface area contributed by atoms with Gasteiger partial charge in [0.2, 0.25) is 5.91 Å². The van der Waals surface area contributed by atoms with Crippen LogP contribution in [0, 0.1) is 11.7 Å². The number of aryl methyl sites for hydroxylation is 1. The Balaban J connectivity index is 1.69. The largest absolute Gasteiger partial charge is 0.435 e. The average Bonchev–Trinajstić information content (AvgIpc) is 3.36. The third kappa shape index (κ3) is 5.12. The molecule has 1 aliphatic carbocycles. The van der Waals surface area contributed by atoms with Gasteiger partial charge in [0.25, 0.3) is 0 Å². The molecule has 2 atom stereocenters. The van der Waals surface area contributed by atoms with Crippen molar-refractivity contribution in [2.45, 2.75) is 72.7 Å². The summed E-state index contributed by atoms with van der Waals surface area (Å²) in [6, 6.07) is 3.45. The highest BCUT2D eigenvalue weighted by molar-refractivity contribution is 7.92. The third-order valence-corrected chi connectivity index (χ3v) is 13.2. The van der Waals surface area contributed by atoms with Gasteiger partial charge in [-0.2, -0.15) is 26.3 Å². The topological polar surface area (TPSA) is 71.5 Å². The van der Waals surface area contributed by atoms with E-state index in [4.69, 9.17) is 0 Å². The van der Waals surface area contributed by atoms with Crippen LogP contribution >= 0.6 is 0 Å². The molecule has 2 aliphatic heterocycles. The zero-order valence-corrected chi connectivity index (χ0v) is 25.5. The van der Waals surface area contributed by atoms with Crippen molar-refractivity contribution < 1.29 is 52.5 Å². The Kier molecular flexibility index (Phi) is 8.33. The minimum absolute atomic E-state index is 0.0354. The second kappa shape index (κ2) is 11.2. The maximum absolute atomic E-state index is 15.1. The van der Waals surface area contributed by atoms with E-state index in [1.807, 2.05) is 0 Å². The summed E-state index contributed by atoms with van der Waals surface area (Å²) in [5.41, 5.74) is -7.54. The van der Waals surface area contributed by atoms with Crippen LogP contribution < -0.4 is 0 Å². The van der Waals surface area contributed by atoms with E-state index in [9.17, 15) is 43.8 Å². The van der Waals surface area contributed by atoms with E-state index >= 15 is 8.78 Å². The number of carbonyl (C=O) groups excluding carboxylic acids is 1. The monoisotopic (exact) mass is 683 g/mol. The van der Waals surface area contributed by atoms with Crippen LogP contribution in [0.2, 0.25) is 0 Å². The molecule has 0 N–H and O–H groups in total. The molecule has 3 aliphatic rings. The number of nitrogens with zero attached hydrogens (tertiary/aromatic N) is 1. The number of halogens is 8. The van der Waals surface area contributed by atoms with Crippen molar-refractivity contribution in [1.29, 1.82) is 0 Å². The highest BCUT2D eigenvalue weighted by Gasteiger charge is 2.74. The first-order valence-corrected chi connectivity index (χ1v) is 17.1. The fourth-order valence-electron chi connectivity index (χ4n) is 6.99. The summed E-state index contributed by atoms with van der Waals surface area (Å²) < 4.78 is 151. The fourth-order valence-corrected chi connectivity index (χ4v) is 10.7. The zero-order valence-electron chi connectivity index (χ0n) is 23.9. The van der Waals surface area contributed by atoms with Crippen LogP contribution in [-0.2, 0) is 42.3 Å². The van der Waals surface area contributed by atoms with E-state index in [-0.39, 0.29) is 60.1 Å². The Morgan fingerprint density at radius 2 is 1.60 bits per heavy atom. The molecule has 0 aromatic heterocycles. The van der Waals surface area contributed by atoms with E-state index in [2.05, 4.69) is 6.58 Å². The standard InChI is InChI=1S/C30H29F8NO4S2/c1-17(2)22-6-5-21(16-24(22)31)45(42,43)27-11-12-39(26(40)18-9-13-44(41)14-10-18)25(27)8-3-19-15-20(4-7-23(19)27)28(32,29(33,34)35)30(36,37)38/h4-7,15-16,18,25H,1,3,8-14H2,2H3. The zero-order chi connectivity index (χ0) is 33.3. The van der Waals surface area contributed by atoms with E-state index in [0.717, 1.165) is 18.2 Å². The average molecular weight is 684 g/mol. The predicted molar refractivity (Wildman–Crippen MR) is 150 cm³/mol. The quantitative estimate of drug-likeness (QED) is 0.337. The van der Waals surface area contributed by atoms with Crippen molar-refractivity contribution in [2.24, 2.45) is 5.92 Å². The normalized spacial score (nSPS) is 25.9. The summed E-state index contributed by atoms with van der Waals surface area (Å²) in [5.74, 6) is -1.30. The summed E-state index contributed by atoms with van der Waals surface area (Å²) in [7, 11) is -5.79. The molecule has 15 heteroatoms. The first-order chi connectivity index (χ1) is 20.8. The van der Waals surface area contributed by atoms with Crippen LogP contribution in [0.1, 0.15) is 54.9 Å². The Labute approximate surface area is 257 Å². The molecule has 45 heavy (non-hydrogen) atoms. The number of sulfone groups is 1. The molecule has 0 radical (unpaired) electrons. The number of allylic oxidation sites excluding steroid dienone is 1. The van der Waals surface area contributed by atoms with Gasteiger partial charge in [-0.05, 0) is 67.9 Å². The van der Waals surface area contributed by atoms with E-state index in [1.54, 1.807) is 0 Å². The van der Waals surface area contributed by atoms with Crippen molar-refractivity contribution in [2.75, 3.05) is 18.1 Å². The number of hydrogen-bond donors (Lipinski definition) is 0. The van der Waals surface area contributed by atoms with Crippen LogP contribution in [0.4, 0.5) is 35.1 Å². The molecule has 2 unspecified atom stereocenters. The van der Waals surface area contributed by atoms with Crippen molar-refractivity contribution in [3.8, 4) is 0 Å². The van der Waals surface area contributed by atoms with Gasteiger partial charge in [-0.1, -0.05) is 30.8 Å². The van der Waals surface area contributed by atoms with Gasteiger partial charge in [-0.15, -0.1) is 0 Å². The summed E-state index contributed by atoms with van der Waals surface area (Å²) in [6.07, 6.45) is -12.9. The molecule has 2 saturated heterocycles. The van der Waals surface area contributed by atoms with Crippen molar-refractivity contribution >= 4 is 32.1 Å². The predicted octanol–water partition coefficient (Wildman–Crippen LogP) is 6.52. The summed E-state index contributed by atoms with van der Waals surface area (Å²) in [5, 5.41) is 0. The summed E-state index contributed by atoms with van der Waals surface area (Å²) >= 11 is 0. The van der Waals surface area contributed by atoms with Crippen LogP contribution in [0.15, 0.2) is 47.9 Å². The van der Waals surface area contributed by atoms with Crippen molar-refractivity contribution in [3.05, 3.63) is 71.0 Å². The van der Waals surface area contributed by atoms with Gasteiger partial charge in [0.1, 0.15) is 10.6 Å². The summed E-state index contributed by atoms with van der Waals surface area (Å²) in [4.78, 5) is 14.6. The van der Waals surface area contributed by atoms with Crippen LogP contribution in [0.5, 0.6) is 0 Å². The number of alkyl halides is 7. The Bertz CT molecular complexity index is 1660. The molecule has 0 bridgehead atoms. The van der Waals surface area contributed by atoms with Gasteiger partial charge < -0.3 is 4.90 Å². The maximum atomic E-state index is 15.1.